The highest BCUT2D eigenvalue weighted by atomic mass is 35.5. The quantitative estimate of drug-likeness (QED) is 0.438. The van der Waals surface area contributed by atoms with Gasteiger partial charge in [0.15, 0.2) is 17.1 Å². The fourth-order valence-corrected chi connectivity index (χ4v) is 3.80. The highest BCUT2D eigenvalue weighted by Crippen LogP contribution is 2.31. The lowest BCUT2D eigenvalue weighted by atomic mass is 10.2. The Labute approximate surface area is 171 Å². The summed E-state index contributed by atoms with van der Waals surface area (Å²) in [6, 6.07) is 12.9. The number of benzene rings is 2. The summed E-state index contributed by atoms with van der Waals surface area (Å²) in [4.78, 5) is 0. The van der Waals surface area contributed by atoms with E-state index in [0.29, 0.717) is 15.8 Å². The zero-order chi connectivity index (χ0) is 18.7. The zero-order valence-corrected chi connectivity index (χ0v) is 17.2. The lowest BCUT2D eigenvalue weighted by Gasteiger charge is -2.15. The first kappa shape index (κ1) is 19.4. The van der Waals surface area contributed by atoms with Crippen LogP contribution in [-0.2, 0) is 12.8 Å². The maximum atomic E-state index is 6.17. The minimum Gasteiger partial charge on any atom is -0.481 e. The molecular formula is C18H16Cl3N3OS. The van der Waals surface area contributed by atoms with Gasteiger partial charge in [0.05, 0.1) is 5.02 Å². The second-order valence-electron chi connectivity index (χ2n) is 5.65. The Hall–Kier alpha value is -1.40. The Bertz CT molecular complexity index is 899. The molecule has 1 aromatic heterocycles. The highest BCUT2D eigenvalue weighted by molar-refractivity contribution is 7.98. The van der Waals surface area contributed by atoms with E-state index in [2.05, 4.69) is 10.2 Å². The summed E-state index contributed by atoms with van der Waals surface area (Å²) in [5, 5.41) is 11.1. The molecule has 0 spiro atoms. The fraction of sp³-hybridized carbons (Fsp3) is 0.222. The smallest absolute Gasteiger partial charge is 0.191 e. The van der Waals surface area contributed by atoms with Crippen LogP contribution in [0, 0.1) is 0 Å². The van der Waals surface area contributed by atoms with Gasteiger partial charge in [0.25, 0.3) is 0 Å². The SMILES string of the molecule is CC(Oc1ccc(Cl)cc1Cl)c1nnc(SCc2ccc(Cl)cc2)n1C. The summed E-state index contributed by atoms with van der Waals surface area (Å²) in [5.41, 5.74) is 1.17. The van der Waals surface area contributed by atoms with Crippen LogP contribution in [0.5, 0.6) is 5.75 Å². The van der Waals surface area contributed by atoms with Crippen LogP contribution in [0.1, 0.15) is 24.4 Å². The standard InChI is InChI=1S/C18H16Cl3N3OS/c1-11(25-16-8-7-14(20)9-15(16)21)17-22-23-18(24(17)2)26-10-12-3-5-13(19)6-4-12/h3-9,11H,10H2,1-2H3. The molecule has 1 unspecified atom stereocenters. The van der Waals surface area contributed by atoms with Gasteiger partial charge in [-0.2, -0.15) is 0 Å². The molecule has 0 radical (unpaired) electrons. The third-order valence-corrected chi connectivity index (χ3v) is 5.58. The number of hydrogen-bond acceptors (Lipinski definition) is 4. The Morgan fingerprint density at radius 3 is 2.42 bits per heavy atom. The van der Waals surface area contributed by atoms with Crippen LogP contribution in [0.15, 0.2) is 47.6 Å². The number of aromatic nitrogens is 3. The molecule has 26 heavy (non-hydrogen) atoms. The predicted octanol–water partition coefficient (Wildman–Crippen LogP) is 6.21. The summed E-state index contributed by atoms with van der Waals surface area (Å²) >= 11 is 19.6. The average Bonchev–Trinajstić information content (AvgIpc) is 2.98. The van der Waals surface area contributed by atoms with Crippen molar-refractivity contribution in [2.45, 2.75) is 23.9 Å². The number of rotatable bonds is 6. The van der Waals surface area contributed by atoms with Gasteiger partial charge in [-0.25, -0.2) is 0 Å². The molecule has 0 aliphatic carbocycles. The lowest BCUT2D eigenvalue weighted by Crippen LogP contribution is -2.10. The van der Waals surface area contributed by atoms with Gasteiger partial charge in [0.2, 0.25) is 0 Å². The van der Waals surface area contributed by atoms with Crippen molar-refractivity contribution >= 4 is 46.6 Å². The van der Waals surface area contributed by atoms with E-state index in [-0.39, 0.29) is 6.10 Å². The molecule has 4 nitrogen and oxygen atoms in total. The van der Waals surface area contributed by atoms with Crippen molar-refractivity contribution in [2.75, 3.05) is 0 Å². The molecule has 0 aliphatic rings. The van der Waals surface area contributed by atoms with Gasteiger partial charge in [-0.15, -0.1) is 10.2 Å². The van der Waals surface area contributed by atoms with Crippen molar-refractivity contribution in [1.29, 1.82) is 0 Å². The molecule has 1 atom stereocenters. The fourth-order valence-electron chi connectivity index (χ4n) is 2.35. The summed E-state index contributed by atoms with van der Waals surface area (Å²) in [6.07, 6.45) is -0.309. The second-order valence-corrected chi connectivity index (χ2v) is 7.87. The van der Waals surface area contributed by atoms with Crippen LogP contribution in [0.3, 0.4) is 0 Å². The van der Waals surface area contributed by atoms with Gasteiger partial charge in [-0.1, -0.05) is 58.7 Å². The maximum Gasteiger partial charge on any atom is 0.191 e. The van der Waals surface area contributed by atoms with Gasteiger partial charge in [0.1, 0.15) is 5.75 Å². The van der Waals surface area contributed by atoms with E-state index in [0.717, 1.165) is 21.8 Å². The molecule has 1 heterocycles. The predicted molar refractivity (Wildman–Crippen MR) is 108 cm³/mol. The van der Waals surface area contributed by atoms with Crippen molar-refractivity contribution in [3.05, 3.63) is 68.9 Å². The molecule has 0 aliphatic heterocycles. The lowest BCUT2D eigenvalue weighted by molar-refractivity contribution is 0.211. The molecule has 136 valence electrons. The Kier molecular flexibility index (Phi) is 6.35. The average molecular weight is 429 g/mol. The molecule has 3 aromatic rings. The number of thioether (sulfide) groups is 1. The Balaban J connectivity index is 1.68. The van der Waals surface area contributed by atoms with Crippen LogP contribution in [-0.4, -0.2) is 14.8 Å². The highest BCUT2D eigenvalue weighted by Gasteiger charge is 2.18. The third kappa shape index (κ3) is 4.65. The number of ether oxygens (including phenoxy) is 1. The largest absolute Gasteiger partial charge is 0.481 e. The normalized spacial score (nSPS) is 12.2. The van der Waals surface area contributed by atoms with Crippen molar-refractivity contribution in [3.8, 4) is 5.75 Å². The van der Waals surface area contributed by atoms with E-state index in [1.807, 2.05) is 42.8 Å². The minimum absolute atomic E-state index is 0.309. The minimum atomic E-state index is -0.309. The third-order valence-electron chi connectivity index (χ3n) is 3.71. The summed E-state index contributed by atoms with van der Waals surface area (Å²) in [5.74, 6) is 2.05. The zero-order valence-electron chi connectivity index (χ0n) is 14.1. The van der Waals surface area contributed by atoms with E-state index >= 15 is 0 Å². The molecule has 3 rings (SSSR count). The van der Waals surface area contributed by atoms with Crippen LogP contribution < -0.4 is 4.74 Å². The van der Waals surface area contributed by atoms with Crippen LogP contribution in [0.25, 0.3) is 0 Å². The Morgan fingerprint density at radius 2 is 1.73 bits per heavy atom. The number of hydrogen-bond donors (Lipinski definition) is 0. The molecule has 8 heteroatoms. The first-order valence-corrected chi connectivity index (χ1v) is 9.94. The summed E-state index contributed by atoms with van der Waals surface area (Å²) < 4.78 is 7.84. The van der Waals surface area contributed by atoms with E-state index in [1.165, 1.54) is 5.56 Å². The summed E-state index contributed by atoms with van der Waals surface area (Å²) in [7, 11) is 1.92. The molecule has 0 N–H and O–H groups in total. The van der Waals surface area contributed by atoms with Crippen molar-refractivity contribution in [3.63, 3.8) is 0 Å². The van der Waals surface area contributed by atoms with E-state index in [9.17, 15) is 0 Å². The molecule has 0 saturated carbocycles. The van der Waals surface area contributed by atoms with Crippen molar-refractivity contribution in [2.24, 2.45) is 7.05 Å². The van der Waals surface area contributed by atoms with Gasteiger partial charge >= 0.3 is 0 Å². The maximum absolute atomic E-state index is 6.17. The van der Waals surface area contributed by atoms with Crippen LogP contribution in [0.2, 0.25) is 15.1 Å². The Morgan fingerprint density at radius 1 is 1.04 bits per heavy atom. The van der Waals surface area contributed by atoms with Crippen LogP contribution >= 0.6 is 46.6 Å². The second kappa shape index (κ2) is 8.53. The molecular weight excluding hydrogens is 413 g/mol. The van der Waals surface area contributed by atoms with Gasteiger partial charge in [-0.05, 0) is 42.8 Å². The van der Waals surface area contributed by atoms with E-state index in [4.69, 9.17) is 39.5 Å². The number of nitrogens with zero attached hydrogens (tertiary/aromatic N) is 3. The van der Waals surface area contributed by atoms with E-state index in [1.54, 1.807) is 30.0 Å². The molecule has 2 aromatic carbocycles. The monoisotopic (exact) mass is 427 g/mol. The van der Waals surface area contributed by atoms with Gasteiger partial charge < -0.3 is 9.30 Å². The van der Waals surface area contributed by atoms with Gasteiger partial charge in [-0.3, -0.25) is 0 Å². The molecule has 0 saturated heterocycles. The van der Waals surface area contributed by atoms with Crippen molar-refractivity contribution in [1.82, 2.24) is 14.8 Å². The first-order chi connectivity index (χ1) is 12.4. The van der Waals surface area contributed by atoms with Crippen molar-refractivity contribution < 1.29 is 4.74 Å². The topological polar surface area (TPSA) is 39.9 Å². The van der Waals surface area contributed by atoms with Crippen LogP contribution in [0.4, 0.5) is 0 Å². The number of halogens is 3. The summed E-state index contributed by atoms with van der Waals surface area (Å²) in [6.45, 7) is 1.91. The molecule has 0 fully saturated rings. The molecule has 0 amide bonds. The first-order valence-electron chi connectivity index (χ1n) is 7.82. The molecule has 0 bridgehead atoms. The van der Waals surface area contributed by atoms with E-state index < -0.39 is 0 Å². The van der Waals surface area contributed by atoms with Gasteiger partial charge in [0, 0.05) is 22.8 Å².